The van der Waals surface area contributed by atoms with Gasteiger partial charge in [0, 0.05) is 22.2 Å². The molecule has 0 amide bonds. The number of benzene rings is 1. The highest BCUT2D eigenvalue weighted by Crippen LogP contribution is 2.40. The molecule has 0 bridgehead atoms. The lowest BCUT2D eigenvalue weighted by molar-refractivity contribution is 0.178. The van der Waals surface area contributed by atoms with E-state index in [1.807, 2.05) is 17.5 Å². The number of rotatable bonds is 3. The predicted octanol–water partition coefficient (Wildman–Crippen LogP) is 4.60. The predicted molar refractivity (Wildman–Crippen MR) is 87.7 cm³/mol. The van der Waals surface area contributed by atoms with Crippen LogP contribution in [0.25, 0.3) is 0 Å². The van der Waals surface area contributed by atoms with Crippen LogP contribution in [-0.4, -0.2) is 18.3 Å². The summed E-state index contributed by atoms with van der Waals surface area (Å²) in [5, 5.41) is 12.9. The third-order valence-electron chi connectivity index (χ3n) is 3.28. The molecule has 1 unspecified atom stereocenters. The fourth-order valence-electron chi connectivity index (χ4n) is 2.21. The van der Waals surface area contributed by atoms with Crippen molar-refractivity contribution in [2.75, 3.05) is 13.2 Å². The van der Waals surface area contributed by atoms with Gasteiger partial charge in [0.2, 0.25) is 0 Å². The summed E-state index contributed by atoms with van der Waals surface area (Å²) in [6.07, 6.45) is 0.730. The average Bonchev–Trinajstić information content (AvgIpc) is 2.73. The number of hydrogen-bond donors (Lipinski definition) is 1. The number of ether oxygens (including phenoxy) is 2. The average molecular weight is 390 g/mol. The summed E-state index contributed by atoms with van der Waals surface area (Å²) in [6, 6.07) is 5.55. The van der Waals surface area contributed by atoms with Gasteiger partial charge in [0.05, 0.1) is 24.3 Å². The van der Waals surface area contributed by atoms with E-state index in [9.17, 15) is 5.11 Å². The van der Waals surface area contributed by atoms with E-state index in [-0.39, 0.29) is 0 Å². The maximum absolute atomic E-state index is 10.4. The van der Waals surface area contributed by atoms with Crippen LogP contribution >= 0.6 is 38.9 Å². The van der Waals surface area contributed by atoms with Crippen molar-refractivity contribution in [3.8, 4) is 11.5 Å². The molecule has 1 N–H and O–H groups in total. The molecule has 0 spiro atoms. The zero-order valence-electron chi connectivity index (χ0n) is 11.1. The first kappa shape index (κ1) is 15.2. The monoisotopic (exact) mass is 388 g/mol. The van der Waals surface area contributed by atoms with E-state index >= 15 is 0 Å². The van der Waals surface area contributed by atoms with Crippen molar-refractivity contribution in [1.82, 2.24) is 0 Å². The van der Waals surface area contributed by atoms with Gasteiger partial charge in [-0.3, -0.25) is 0 Å². The Morgan fingerprint density at radius 3 is 2.90 bits per heavy atom. The lowest BCUT2D eigenvalue weighted by atomic mass is 10.1. The highest BCUT2D eigenvalue weighted by molar-refractivity contribution is 9.10. The number of aliphatic hydroxyl groups is 1. The quantitative estimate of drug-likeness (QED) is 0.833. The molecule has 0 saturated carbocycles. The van der Waals surface area contributed by atoms with Crippen molar-refractivity contribution in [3.63, 3.8) is 0 Å². The Bertz CT molecular complexity index is 644. The van der Waals surface area contributed by atoms with E-state index in [1.54, 1.807) is 17.4 Å². The molecule has 112 valence electrons. The summed E-state index contributed by atoms with van der Waals surface area (Å²) in [5.41, 5.74) is 0.740. The molecule has 3 rings (SSSR count). The van der Waals surface area contributed by atoms with Crippen molar-refractivity contribution in [3.05, 3.63) is 43.5 Å². The third kappa shape index (κ3) is 3.37. The Balaban J connectivity index is 1.86. The number of fused-ring (bicyclic) bond motifs is 1. The number of hydrogen-bond acceptors (Lipinski definition) is 4. The molecule has 0 saturated heterocycles. The SMILES string of the molecule is OC(Cc1sccc1Br)c1cc(Cl)c2c(c1)OCCCO2. The second kappa shape index (κ2) is 6.57. The van der Waals surface area contributed by atoms with Crippen LogP contribution in [0.1, 0.15) is 23.0 Å². The van der Waals surface area contributed by atoms with Crippen molar-refractivity contribution in [2.24, 2.45) is 0 Å². The van der Waals surface area contributed by atoms with Gasteiger partial charge in [-0.2, -0.15) is 0 Å². The summed E-state index contributed by atoms with van der Waals surface area (Å²) in [7, 11) is 0. The summed E-state index contributed by atoms with van der Waals surface area (Å²) < 4.78 is 12.3. The Kier molecular flexibility index (Phi) is 4.74. The van der Waals surface area contributed by atoms with Gasteiger partial charge in [0.1, 0.15) is 0 Å². The normalized spacial score (nSPS) is 15.6. The highest BCUT2D eigenvalue weighted by atomic mass is 79.9. The highest BCUT2D eigenvalue weighted by Gasteiger charge is 2.19. The first-order chi connectivity index (χ1) is 10.1. The smallest absolute Gasteiger partial charge is 0.179 e. The molecule has 6 heteroatoms. The van der Waals surface area contributed by atoms with E-state index in [0.29, 0.717) is 36.2 Å². The van der Waals surface area contributed by atoms with Gasteiger partial charge in [0.15, 0.2) is 11.5 Å². The molecule has 0 aliphatic carbocycles. The molecule has 21 heavy (non-hydrogen) atoms. The summed E-state index contributed by atoms with van der Waals surface area (Å²) in [5.74, 6) is 1.18. The minimum atomic E-state index is -0.630. The first-order valence-electron chi connectivity index (χ1n) is 6.64. The van der Waals surface area contributed by atoms with E-state index in [1.165, 1.54) is 0 Å². The van der Waals surface area contributed by atoms with E-state index in [4.69, 9.17) is 21.1 Å². The molecule has 1 aliphatic rings. The zero-order chi connectivity index (χ0) is 14.8. The molecule has 1 aromatic carbocycles. The summed E-state index contributed by atoms with van der Waals surface area (Å²) in [6.45, 7) is 1.19. The van der Waals surface area contributed by atoms with Crippen LogP contribution in [0.3, 0.4) is 0 Å². The molecular formula is C15H14BrClO3S. The molecular weight excluding hydrogens is 376 g/mol. The Morgan fingerprint density at radius 2 is 2.14 bits per heavy atom. The molecule has 1 atom stereocenters. The molecule has 3 nitrogen and oxygen atoms in total. The second-order valence-electron chi connectivity index (χ2n) is 4.79. The molecule has 0 radical (unpaired) electrons. The number of aliphatic hydroxyl groups excluding tert-OH is 1. The topological polar surface area (TPSA) is 38.7 Å². The maximum Gasteiger partial charge on any atom is 0.179 e. The van der Waals surface area contributed by atoms with Gasteiger partial charge < -0.3 is 14.6 Å². The molecule has 2 heterocycles. The fraction of sp³-hybridized carbons (Fsp3) is 0.333. The van der Waals surface area contributed by atoms with E-state index < -0.39 is 6.10 Å². The van der Waals surface area contributed by atoms with Crippen molar-refractivity contribution in [2.45, 2.75) is 18.9 Å². The lowest BCUT2D eigenvalue weighted by Crippen LogP contribution is -2.02. The Morgan fingerprint density at radius 1 is 1.33 bits per heavy atom. The van der Waals surface area contributed by atoms with Gasteiger partial charge in [0.25, 0.3) is 0 Å². The van der Waals surface area contributed by atoms with Crippen LogP contribution in [0.15, 0.2) is 28.1 Å². The second-order valence-corrected chi connectivity index (χ2v) is 7.05. The molecule has 1 aromatic heterocycles. The van der Waals surface area contributed by atoms with Crippen LogP contribution in [0.4, 0.5) is 0 Å². The van der Waals surface area contributed by atoms with Gasteiger partial charge in [-0.15, -0.1) is 11.3 Å². The standard InChI is InChI=1S/C15H14BrClO3S/c16-10-2-5-21-14(10)8-12(18)9-6-11(17)15-13(7-9)19-3-1-4-20-15/h2,5-7,12,18H,1,3-4,8H2. The Hall–Kier alpha value is -0.750. The van der Waals surface area contributed by atoms with Crippen molar-refractivity contribution < 1.29 is 14.6 Å². The number of halogens is 2. The largest absolute Gasteiger partial charge is 0.489 e. The van der Waals surface area contributed by atoms with Gasteiger partial charge in [-0.25, -0.2) is 0 Å². The van der Waals surface area contributed by atoms with Crippen LogP contribution in [0.5, 0.6) is 11.5 Å². The van der Waals surface area contributed by atoms with Gasteiger partial charge >= 0.3 is 0 Å². The first-order valence-corrected chi connectivity index (χ1v) is 8.69. The summed E-state index contributed by atoms with van der Waals surface area (Å²) in [4.78, 5) is 1.10. The molecule has 2 aromatic rings. The maximum atomic E-state index is 10.4. The minimum Gasteiger partial charge on any atom is -0.489 e. The van der Waals surface area contributed by atoms with Gasteiger partial charge in [-0.05, 0) is 45.1 Å². The minimum absolute atomic E-state index is 0.480. The third-order valence-corrected chi connectivity index (χ3v) is 5.51. The van der Waals surface area contributed by atoms with Crippen LogP contribution in [-0.2, 0) is 6.42 Å². The van der Waals surface area contributed by atoms with Crippen molar-refractivity contribution in [1.29, 1.82) is 0 Å². The van der Waals surface area contributed by atoms with E-state index in [0.717, 1.165) is 21.3 Å². The zero-order valence-corrected chi connectivity index (χ0v) is 14.3. The van der Waals surface area contributed by atoms with E-state index in [2.05, 4.69) is 15.9 Å². The fourth-order valence-corrected chi connectivity index (χ4v) is 4.03. The number of thiophene rings is 1. The lowest BCUT2D eigenvalue weighted by Gasteiger charge is -2.15. The van der Waals surface area contributed by atoms with Gasteiger partial charge in [-0.1, -0.05) is 11.6 Å². The van der Waals surface area contributed by atoms with Crippen LogP contribution in [0.2, 0.25) is 5.02 Å². The summed E-state index contributed by atoms with van der Waals surface area (Å²) >= 11 is 11.3. The van der Waals surface area contributed by atoms with Crippen LogP contribution < -0.4 is 9.47 Å². The Labute approximate surface area is 140 Å². The van der Waals surface area contributed by atoms with Crippen LogP contribution in [0, 0.1) is 0 Å². The molecule has 0 fully saturated rings. The van der Waals surface area contributed by atoms with Crippen molar-refractivity contribution >= 4 is 38.9 Å². The molecule has 1 aliphatic heterocycles.